The highest BCUT2D eigenvalue weighted by Crippen LogP contribution is 2.26. The SMILES string of the molecule is CCC(=NOC)c1ccc(OCc2c(C)cccc2N(N)C(=O)N(C)N)c(C)c1. The van der Waals surface area contributed by atoms with Gasteiger partial charge in [-0.15, -0.1) is 0 Å². The number of hydrogen-bond acceptors (Lipinski definition) is 6. The van der Waals surface area contributed by atoms with Gasteiger partial charge in [0.25, 0.3) is 0 Å². The second-order valence-corrected chi connectivity index (χ2v) is 6.68. The lowest BCUT2D eigenvalue weighted by Gasteiger charge is -2.24. The molecule has 0 radical (unpaired) electrons. The fraction of sp³-hybridized carbons (Fsp3) is 0.333. The molecule has 2 amide bonds. The standard InChI is InChI=1S/C21H29N5O3/c1-6-18(24-28-5)16-10-11-20(15(3)12-16)29-13-17-14(2)8-7-9-19(17)26(23)21(27)25(4)22/h7-12H,6,13,22-23H2,1-5H3. The van der Waals surface area contributed by atoms with Crippen molar-refractivity contribution in [3.05, 3.63) is 58.7 Å². The van der Waals surface area contributed by atoms with Crippen LogP contribution in [0, 0.1) is 13.8 Å². The highest BCUT2D eigenvalue weighted by atomic mass is 16.6. The zero-order valence-electron chi connectivity index (χ0n) is 17.6. The van der Waals surface area contributed by atoms with Gasteiger partial charge in [-0.25, -0.2) is 21.5 Å². The van der Waals surface area contributed by atoms with Gasteiger partial charge < -0.3 is 9.57 Å². The zero-order valence-corrected chi connectivity index (χ0v) is 17.6. The molecule has 0 unspecified atom stereocenters. The first-order chi connectivity index (χ1) is 13.8. The van der Waals surface area contributed by atoms with Crippen LogP contribution in [0.15, 0.2) is 41.6 Å². The maximum Gasteiger partial charge on any atom is 0.352 e. The van der Waals surface area contributed by atoms with E-state index >= 15 is 0 Å². The number of benzene rings is 2. The van der Waals surface area contributed by atoms with Crippen molar-refractivity contribution in [1.82, 2.24) is 5.01 Å². The maximum absolute atomic E-state index is 12.2. The number of hydrogen-bond donors (Lipinski definition) is 2. The first kappa shape index (κ1) is 22.2. The summed E-state index contributed by atoms with van der Waals surface area (Å²) in [5, 5.41) is 6.02. The molecule has 0 fully saturated rings. The van der Waals surface area contributed by atoms with Crippen LogP contribution in [-0.2, 0) is 11.4 Å². The lowest BCUT2D eigenvalue weighted by molar-refractivity contribution is 0.213. The Bertz CT molecular complexity index is 896. The number of aryl methyl sites for hydroxylation is 2. The van der Waals surface area contributed by atoms with E-state index in [-0.39, 0.29) is 6.61 Å². The van der Waals surface area contributed by atoms with Crippen LogP contribution in [0.3, 0.4) is 0 Å². The average Bonchev–Trinajstić information content (AvgIpc) is 2.70. The number of urea groups is 1. The molecule has 0 aromatic heterocycles. The average molecular weight is 399 g/mol. The molecule has 0 aliphatic carbocycles. The van der Waals surface area contributed by atoms with Crippen molar-refractivity contribution >= 4 is 17.4 Å². The Labute approximate surface area is 171 Å². The molecule has 8 heteroatoms. The Kier molecular flexibility index (Phi) is 7.58. The minimum absolute atomic E-state index is 0.254. The van der Waals surface area contributed by atoms with E-state index in [1.165, 1.54) is 14.2 Å². The number of ether oxygens (including phenoxy) is 1. The zero-order chi connectivity index (χ0) is 21.6. The molecule has 0 bridgehead atoms. The van der Waals surface area contributed by atoms with Gasteiger partial charge in [0.1, 0.15) is 19.5 Å². The molecule has 2 aromatic carbocycles. The Hall–Kier alpha value is -3.10. The van der Waals surface area contributed by atoms with Crippen LogP contribution >= 0.6 is 0 Å². The molecule has 4 N–H and O–H groups in total. The summed E-state index contributed by atoms with van der Waals surface area (Å²) in [7, 11) is 2.98. The molecule has 0 heterocycles. The van der Waals surface area contributed by atoms with Gasteiger partial charge in [-0.05, 0) is 61.2 Å². The number of carbonyl (C=O) groups is 1. The summed E-state index contributed by atoms with van der Waals surface area (Å²) in [6.45, 7) is 6.19. The van der Waals surface area contributed by atoms with Gasteiger partial charge >= 0.3 is 6.03 Å². The van der Waals surface area contributed by atoms with Crippen LogP contribution in [0.4, 0.5) is 10.5 Å². The predicted octanol–water partition coefficient (Wildman–Crippen LogP) is 3.25. The van der Waals surface area contributed by atoms with Crippen LogP contribution in [0.25, 0.3) is 0 Å². The molecule has 0 saturated carbocycles. The van der Waals surface area contributed by atoms with Gasteiger partial charge in [-0.3, -0.25) is 5.01 Å². The molecule has 2 aromatic rings. The van der Waals surface area contributed by atoms with Crippen LogP contribution in [0.5, 0.6) is 5.75 Å². The van der Waals surface area contributed by atoms with Gasteiger partial charge in [-0.2, -0.15) is 0 Å². The molecule has 0 aliphatic heterocycles. The van der Waals surface area contributed by atoms with Gasteiger partial charge in [0.05, 0.1) is 11.4 Å². The fourth-order valence-corrected chi connectivity index (χ4v) is 2.95. The van der Waals surface area contributed by atoms with Crippen LogP contribution in [0.1, 0.15) is 35.6 Å². The van der Waals surface area contributed by atoms with Gasteiger partial charge in [0.2, 0.25) is 0 Å². The molecule has 0 saturated heterocycles. The monoisotopic (exact) mass is 399 g/mol. The minimum atomic E-state index is -0.526. The van der Waals surface area contributed by atoms with Gasteiger partial charge in [-0.1, -0.05) is 24.2 Å². The predicted molar refractivity (Wildman–Crippen MR) is 115 cm³/mol. The number of anilines is 1. The van der Waals surface area contributed by atoms with E-state index in [1.807, 2.05) is 51.1 Å². The van der Waals surface area contributed by atoms with Crippen molar-refractivity contribution in [3.63, 3.8) is 0 Å². The summed E-state index contributed by atoms with van der Waals surface area (Å²) in [4.78, 5) is 17.1. The van der Waals surface area contributed by atoms with Crippen molar-refractivity contribution in [1.29, 1.82) is 0 Å². The van der Waals surface area contributed by atoms with E-state index in [0.717, 1.165) is 50.2 Å². The topological polar surface area (TPSA) is 106 Å². The summed E-state index contributed by atoms with van der Waals surface area (Å²) in [6, 6.07) is 10.9. The molecule has 29 heavy (non-hydrogen) atoms. The second-order valence-electron chi connectivity index (χ2n) is 6.68. The van der Waals surface area contributed by atoms with E-state index in [9.17, 15) is 4.79 Å². The molecule has 8 nitrogen and oxygen atoms in total. The van der Waals surface area contributed by atoms with Crippen molar-refractivity contribution in [2.45, 2.75) is 33.8 Å². The third-order valence-electron chi connectivity index (χ3n) is 4.57. The highest BCUT2D eigenvalue weighted by Gasteiger charge is 2.19. The Morgan fingerprint density at radius 3 is 2.45 bits per heavy atom. The van der Waals surface area contributed by atoms with E-state index in [4.69, 9.17) is 21.3 Å². The molecule has 156 valence electrons. The smallest absolute Gasteiger partial charge is 0.352 e. The molecule has 0 spiro atoms. The van der Waals surface area contributed by atoms with Crippen molar-refractivity contribution in [3.8, 4) is 5.75 Å². The number of oxime groups is 1. The molecule has 0 atom stereocenters. The van der Waals surface area contributed by atoms with Crippen LogP contribution in [-0.4, -0.2) is 30.9 Å². The Morgan fingerprint density at radius 1 is 1.14 bits per heavy atom. The maximum atomic E-state index is 12.2. The second kappa shape index (κ2) is 9.90. The molecular weight excluding hydrogens is 370 g/mol. The quantitative estimate of drug-likeness (QED) is 0.322. The first-order valence-corrected chi connectivity index (χ1v) is 9.29. The number of hydrazine groups is 2. The van der Waals surface area contributed by atoms with E-state index < -0.39 is 6.03 Å². The van der Waals surface area contributed by atoms with Crippen LogP contribution in [0.2, 0.25) is 0 Å². The summed E-state index contributed by atoms with van der Waals surface area (Å²) < 4.78 is 6.05. The lowest BCUT2D eigenvalue weighted by Crippen LogP contribution is -2.49. The molecule has 0 aliphatic rings. The van der Waals surface area contributed by atoms with E-state index in [1.54, 1.807) is 6.07 Å². The normalized spacial score (nSPS) is 11.2. The lowest BCUT2D eigenvalue weighted by atomic mass is 10.0. The van der Waals surface area contributed by atoms with E-state index in [2.05, 4.69) is 5.16 Å². The van der Waals surface area contributed by atoms with Crippen molar-refractivity contribution in [2.24, 2.45) is 16.8 Å². The third kappa shape index (κ3) is 5.24. The largest absolute Gasteiger partial charge is 0.489 e. The van der Waals surface area contributed by atoms with Crippen LogP contribution < -0.4 is 21.4 Å². The van der Waals surface area contributed by atoms with Crippen molar-refractivity contribution in [2.75, 3.05) is 19.2 Å². The Balaban J connectivity index is 2.26. The van der Waals surface area contributed by atoms with Gasteiger partial charge in [0.15, 0.2) is 0 Å². The molecule has 2 rings (SSSR count). The summed E-state index contributed by atoms with van der Waals surface area (Å²) in [5.74, 6) is 12.3. The number of nitrogens with zero attached hydrogens (tertiary/aromatic N) is 3. The number of nitrogens with two attached hydrogens (primary N) is 2. The van der Waals surface area contributed by atoms with Crippen molar-refractivity contribution < 1.29 is 14.4 Å². The Morgan fingerprint density at radius 2 is 1.86 bits per heavy atom. The van der Waals surface area contributed by atoms with Gasteiger partial charge in [0, 0.05) is 12.6 Å². The molecular formula is C21H29N5O3. The minimum Gasteiger partial charge on any atom is -0.489 e. The highest BCUT2D eigenvalue weighted by molar-refractivity contribution is 6.00. The number of carbonyl (C=O) groups excluding carboxylic acids is 1. The third-order valence-corrected chi connectivity index (χ3v) is 4.57. The number of amides is 2. The van der Waals surface area contributed by atoms with E-state index in [0.29, 0.717) is 5.69 Å². The summed E-state index contributed by atoms with van der Waals surface area (Å²) in [5.41, 5.74) is 5.13. The fourth-order valence-electron chi connectivity index (χ4n) is 2.95. The summed E-state index contributed by atoms with van der Waals surface area (Å²) in [6.07, 6.45) is 0.760. The number of rotatable bonds is 7. The summed E-state index contributed by atoms with van der Waals surface area (Å²) >= 11 is 0. The first-order valence-electron chi connectivity index (χ1n) is 9.29.